The van der Waals surface area contributed by atoms with Crippen molar-refractivity contribution in [2.45, 2.75) is 13.8 Å². The zero-order valence-corrected chi connectivity index (χ0v) is 13.9. The van der Waals surface area contributed by atoms with Gasteiger partial charge in [-0.2, -0.15) is 10.2 Å². The first kappa shape index (κ1) is 14.6. The number of thiazole rings is 1. The van der Waals surface area contributed by atoms with Gasteiger partial charge in [0, 0.05) is 24.2 Å². The van der Waals surface area contributed by atoms with Crippen LogP contribution in [0.5, 0.6) is 0 Å². The fraction of sp³-hybridized carbons (Fsp3) is 0.125. The third-order valence-electron chi connectivity index (χ3n) is 3.70. The number of aromatic amines is 1. The number of pyridine rings is 1. The van der Waals surface area contributed by atoms with Crippen LogP contribution >= 0.6 is 11.3 Å². The normalized spacial score (nSPS) is 11.1. The Morgan fingerprint density at radius 3 is 2.96 bits per heavy atom. The third-order valence-corrected chi connectivity index (χ3v) is 4.86. The number of nitrogens with zero attached hydrogens (tertiary/aromatic N) is 4. The van der Waals surface area contributed by atoms with Gasteiger partial charge in [-0.25, -0.2) is 4.52 Å². The van der Waals surface area contributed by atoms with Gasteiger partial charge in [0.15, 0.2) is 0 Å². The molecule has 0 aromatic carbocycles. The van der Waals surface area contributed by atoms with Crippen LogP contribution in [0.25, 0.3) is 15.3 Å². The molecule has 8 heteroatoms. The van der Waals surface area contributed by atoms with Crippen LogP contribution in [0.4, 0.5) is 5.69 Å². The number of amides is 1. The lowest BCUT2D eigenvalue weighted by Crippen LogP contribution is -2.12. The van der Waals surface area contributed by atoms with Crippen molar-refractivity contribution >= 4 is 27.8 Å². The SMILES string of the molecule is Cc1cnc(C)c(NC(=O)c2cnn3cc(-c4cn[nH]c4)sc23)c1. The molecule has 120 valence electrons. The standard InChI is InChI=1S/C16H14N6OS/c1-9-3-13(10(2)17-4-9)21-15(23)12-7-20-22-8-14(24-16(12)22)11-5-18-19-6-11/h3-8H,1-2H3,(H,18,19)(H,21,23). The van der Waals surface area contributed by atoms with Crippen molar-refractivity contribution in [1.29, 1.82) is 0 Å². The molecule has 4 aromatic rings. The molecule has 0 saturated carbocycles. The smallest absolute Gasteiger partial charge is 0.260 e. The first-order chi connectivity index (χ1) is 11.6. The Morgan fingerprint density at radius 1 is 1.29 bits per heavy atom. The number of fused-ring (bicyclic) bond motifs is 1. The van der Waals surface area contributed by atoms with Crippen LogP contribution in [0.3, 0.4) is 0 Å². The Balaban J connectivity index is 1.68. The fourth-order valence-corrected chi connectivity index (χ4v) is 3.45. The summed E-state index contributed by atoms with van der Waals surface area (Å²) < 4.78 is 1.71. The number of rotatable bonds is 3. The summed E-state index contributed by atoms with van der Waals surface area (Å²) in [5.74, 6) is -0.193. The summed E-state index contributed by atoms with van der Waals surface area (Å²) in [6.07, 6.45) is 8.80. The molecule has 1 amide bonds. The minimum absolute atomic E-state index is 0.193. The van der Waals surface area contributed by atoms with Crippen LogP contribution in [0, 0.1) is 13.8 Å². The summed E-state index contributed by atoms with van der Waals surface area (Å²) >= 11 is 1.50. The van der Waals surface area contributed by atoms with E-state index in [1.807, 2.05) is 32.3 Å². The Hall–Kier alpha value is -3.00. The molecular weight excluding hydrogens is 324 g/mol. The minimum Gasteiger partial charge on any atom is -0.320 e. The van der Waals surface area contributed by atoms with E-state index in [1.165, 1.54) is 11.3 Å². The summed E-state index contributed by atoms with van der Waals surface area (Å²) in [7, 11) is 0. The second-order valence-corrected chi connectivity index (χ2v) is 6.52. The van der Waals surface area contributed by atoms with Crippen LogP contribution in [0.2, 0.25) is 0 Å². The molecule has 2 N–H and O–H groups in total. The van der Waals surface area contributed by atoms with Gasteiger partial charge in [-0.1, -0.05) is 0 Å². The molecule has 7 nitrogen and oxygen atoms in total. The summed E-state index contributed by atoms with van der Waals surface area (Å²) in [5, 5.41) is 13.9. The van der Waals surface area contributed by atoms with Crippen LogP contribution in [0.15, 0.2) is 37.1 Å². The van der Waals surface area contributed by atoms with Crippen molar-refractivity contribution < 1.29 is 4.79 Å². The Labute approximate surface area is 141 Å². The number of nitrogens with one attached hydrogen (secondary N) is 2. The van der Waals surface area contributed by atoms with Gasteiger partial charge in [-0.15, -0.1) is 11.3 Å². The van der Waals surface area contributed by atoms with Crippen molar-refractivity contribution in [2.24, 2.45) is 0 Å². The van der Waals surface area contributed by atoms with E-state index in [9.17, 15) is 4.79 Å². The first-order valence-electron chi connectivity index (χ1n) is 7.33. The van der Waals surface area contributed by atoms with Gasteiger partial charge in [0.1, 0.15) is 4.83 Å². The van der Waals surface area contributed by atoms with Crippen molar-refractivity contribution in [3.63, 3.8) is 0 Å². The summed E-state index contributed by atoms with van der Waals surface area (Å²) in [6.45, 7) is 3.81. The van der Waals surface area contributed by atoms with Crippen LogP contribution in [0.1, 0.15) is 21.6 Å². The summed E-state index contributed by atoms with van der Waals surface area (Å²) in [6, 6.07) is 1.91. The molecule has 4 heterocycles. The van der Waals surface area contributed by atoms with E-state index in [0.29, 0.717) is 11.3 Å². The summed E-state index contributed by atoms with van der Waals surface area (Å²) in [4.78, 5) is 18.7. The highest BCUT2D eigenvalue weighted by atomic mass is 32.1. The van der Waals surface area contributed by atoms with Gasteiger partial charge in [-0.3, -0.25) is 14.9 Å². The molecule has 0 unspecified atom stereocenters. The van der Waals surface area contributed by atoms with Gasteiger partial charge in [0.2, 0.25) is 0 Å². The predicted molar refractivity (Wildman–Crippen MR) is 92.3 cm³/mol. The Kier molecular flexibility index (Phi) is 3.39. The predicted octanol–water partition coefficient (Wildman–Crippen LogP) is 3.05. The second kappa shape index (κ2) is 5.57. The van der Waals surface area contributed by atoms with Gasteiger partial charge in [0.25, 0.3) is 5.91 Å². The summed E-state index contributed by atoms with van der Waals surface area (Å²) in [5.41, 5.74) is 3.99. The van der Waals surface area contributed by atoms with E-state index in [-0.39, 0.29) is 5.91 Å². The first-order valence-corrected chi connectivity index (χ1v) is 8.14. The molecule has 4 aromatic heterocycles. The third kappa shape index (κ3) is 2.46. The van der Waals surface area contributed by atoms with E-state index >= 15 is 0 Å². The number of anilines is 1. The molecule has 0 radical (unpaired) electrons. The monoisotopic (exact) mass is 338 g/mol. The maximum atomic E-state index is 12.6. The average Bonchev–Trinajstić information content (AvgIpc) is 3.25. The lowest BCUT2D eigenvalue weighted by Gasteiger charge is -2.07. The van der Waals surface area contributed by atoms with Crippen LogP contribution in [-0.4, -0.2) is 30.7 Å². The van der Waals surface area contributed by atoms with E-state index in [1.54, 1.807) is 23.1 Å². The Morgan fingerprint density at radius 2 is 2.17 bits per heavy atom. The number of carbonyl (C=O) groups excluding carboxylic acids is 1. The van der Waals surface area contributed by atoms with Crippen LogP contribution < -0.4 is 5.32 Å². The highest BCUT2D eigenvalue weighted by Gasteiger charge is 2.17. The molecule has 0 fully saturated rings. The topological polar surface area (TPSA) is 88.0 Å². The molecule has 0 aliphatic rings. The van der Waals surface area contributed by atoms with Crippen molar-refractivity contribution in [1.82, 2.24) is 24.8 Å². The maximum Gasteiger partial charge on any atom is 0.260 e. The molecule has 0 aliphatic carbocycles. The zero-order chi connectivity index (χ0) is 16.7. The molecule has 0 spiro atoms. The number of hydrogen-bond acceptors (Lipinski definition) is 5. The molecule has 4 rings (SSSR count). The number of aromatic nitrogens is 5. The lowest BCUT2D eigenvalue weighted by atomic mass is 10.2. The van der Waals surface area contributed by atoms with Crippen molar-refractivity contribution in [3.05, 3.63) is 53.9 Å². The van der Waals surface area contributed by atoms with Crippen molar-refractivity contribution in [3.8, 4) is 10.4 Å². The highest BCUT2D eigenvalue weighted by Crippen LogP contribution is 2.30. The number of H-pyrrole nitrogens is 1. The van der Waals surface area contributed by atoms with E-state index < -0.39 is 0 Å². The molecule has 0 saturated heterocycles. The fourth-order valence-electron chi connectivity index (χ4n) is 2.41. The minimum atomic E-state index is -0.193. The molecule has 0 atom stereocenters. The van der Waals surface area contributed by atoms with Gasteiger partial charge < -0.3 is 5.32 Å². The second-order valence-electron chi connectivity index (χ2n) is 5.49. The van der Waals surface area contributed by atoms with E-state index in [4.69, 9.17) is 0 Å². The average molecular weight is 338 g/mol. The van der Waals surface area contributed by atoms with Gasteiger partial charge in [-0.05, 0) is 25.5 Å². The number of aryl methyl sites for hydroxylation is 2. The molecular formula is C16H14N6OS. The van der Waals surface area contributed by atoms with E-state index in [0.717, 1.165) is 26.5 Å². The lowest BCUT2D eigenvalue weighted by molar-refractivity contribution is 0.102. The van der Waals surface area contributed by atoms with Gasteiger partial charge in [0.05, 0.1) is 34.2 Å². The van der Waals surface area contributed by atoms with Gasteiger partial charge >= 0.3 is 0 Å². The van der Waals surface area contributed by atoms with E-state index in [2.05, 4.69) is 25.6 Å². The highest BCUT2D eigenvalue weighted by molar-refractivity contribution is 7.21. The Bertz CT molecular complexity index is 1030. The molecule has 0 bridgehead atoms. The number of hydrogen-bond donors (Lipinski definition) is 2. The zero-order valence-electron chi connectivity index (χ0n) is 13.1. The molecule has 24 heavy (non-hydrogen) atoms. The maximum absolute atomic E-state index is 12.6. The number of carbonyl (C=O) groups is 1. The molecule has 0 aliphatic heterocycles. The van der Waals surface area contributed by atoms with Crippen LogP contribution in [-0.2, 0) is 0 Å². The largest absolute Gasteiger partial charge is 0.320 e. The van der Waals surface area contributed by atoms with Crippen molar-refractivity contribution in [2.75, 3.05) is 5.32 Å². The quantitative estimate of drug-likeness (QED) is 0.601.